The summed E-state index contributed by atoms with van der Waals surface area (Å²) in [4.78, 5) is 51.6. The molecule has 3 fully saturated rings. The monoisotopic (exact) mass is 497 g/mol. The van der Waals surface area contributed by atoms with E-state index in [9.17, 15) is 19.2 Å². The summed E-state index contributed by atoms with van der Waals surface area (Å²) >= 11 is 1.60. The molecule has 1 unspecified atom stereocenters. The van der Waals surface area contributed by atoms with Gasteiger partial charge in [-0.25, -0.2) is 0 Å². The van der Waals surface area contributed by atoms with Crippen LogP contribution in [0.2, 0.25) is 0 Å². The number of piperidine rings is 1. The van der Waals surface area contributed by atoms with Gasteiger partial charge in [-0.2, -0.15) is 0 Å². The molecule has 2 heterocycles. The minimum atomic E-state index is -0.920. The molecule has 1 aromatic rings. The highest BCUT2D eigenvalue weighted by Gasteiger charge is 2.48. The van der Waals surface area contributed by atoms with Crippen LogP contribution in [0.15, 0.2) is 23.1 Å². The van der Waals surface area contributed by atoms with E-state index in [0.29, 0.717) is 11.1 Å². The molecule has 2 saturated carbocycles. The van der Waals surface area contributed by atoms with E-state index in [4.69, 9.17) is 0 Å². The predicted octanol–water partition coefficient (Wildman–Crippen LogP) is 4.05. The molecule has 1 spiro atoms. The van der Waals surface area contributed by atoms with E-state index in [1.54, 1.807) is 23.9 Å². The van der Waals surface area contributed by atoms with Gasteiger partial charge in [-0.15, -0.1) is 11.8 Å². The van der Waals surface area contributed by atoms with E-state index in [1.807, 2.05) is 6.07 Å². The molecule has 8 heteroatoms. The lowest BCUT2D eigenvalue weighted by Crippen LogP contribution is -2.54. The lowest BCUT2D eigenvalue weighted by atomic mass is 9.54. The van der Waals surface area contributed by atoms with Crippen LogP contribution in [0.25, 0.3) is 0 Å². The number of unbranched alkanes of at least 4 members (excludes halogenated alkanes) is 4. The van der Waals surface area contributed by atoms with Crippen LogP contribution >= 0.6 is 11.8 Å². The van der Waals surface area contributed by atoms with Gasteiger partial charge < -0.3 is 5.32 Å². The van der Waals surface area contributed by atoms with Gasteiger partial charge >= 0.3 is 0 Å². The average Bonchev–Trinajstić information content (AvgIpc) is 3.03. The van der Waals surface area contributed by atoms with Gasteiger partial charge in [0.05, 0.1) is 11.1 Å². The number of fused-ring (bicyclic) bond motifs is 1. The van der Waals surface area contributed by atoms with E-state index in [1.165, 1.54) is 51.4 Å². The van der Waals surface area contributed by atoms with Gasteiger partial charge in [-0.3, -0.25) is 29.4 Å². The number of amides is 4. The van der Waals surface area contributed by atoms with Crippen LogP contribution in [-0.2, 0) is 9.59 Å². The average molecular weight is 498 g/mol. The number of imide groups is 2. The zero-order valence-electron chi connectivity index (χ0n) is 20.3. The molecule has 188 valence electrons. The Kier molecular flexibility index (Phi) is 7.30. The standard InChI is InChI=1S/C27H35N3O4S/c31-22-11-10-20(24(32)29-22)30-25(33)19-8-6-9-21(23(19)26(30)34)35-15-5-3-1-2-4-14-28-18-16-27(17-18)12-7-13-27/h6,8-9,18,20,28H,1-5,7,10-17H2,(H,29,31,32). The summed E-state index contributed by atoms with van der Waals surface area (Å²) < 4.78 is 0. The Balaban J connectivity index is 1.02. The van der Waals surface area contributed by atoms with Crippen LogP contribution in [0, 0.1) is 5.41 Å². The molecule has 4 amide bonds. The van der Waals surface area contributed by atoms with Crippen molar-refractivity contribution in [1.82, 2.24) is 15.5 Å². The van der Waals surface area contributed by atoms with Crippen molar-refractivity contribution in [3.05, 3.63) is 29.3 Å². The summed E-state index contributed by atoms with van der Waals surface area (Å²) in [5.41, 5.74) is 1.50. The van der Waals surface area contributed by atoms with Crippen molar-refractivity contribution < 1.29 is 19.2 Å². The molecule has 2 N–H and O–H groups in total. The molecule has 1 saturated heterocycles. The SMILES string of the molecule is O=C1CCC(N2C(=O)c3cccc(SCCCCCCCNC4CC5(CCC5)C4)c3C2=O)C(=O)N1. The Labute approximate surface area is 211 Å². The lowest BCUT2D eigenvalue weighted by Gasteiger charge is -2.54. The zero-order chi connectivity index (χ0) is 24.4. The van der Waals surface area contributed by atoms with Crippen LogP contribution in [0.4, 0.5) is 0 Å². The van der Waals surface area contributed by atoms with Crippen LogP contribution in [-0.4, -0.2) is 52.9 Å². The van der Waals surface area contributed by atoms with E-state index >= 15 is 0 Å². The Hall–Kier alpha value is -2.19. The summed E-state index contributed by atoms with van der Waals surface area (Å²) in [5, 5.41) is 5.96. The topological polar surface area (TPSA) is 95.6 Å². The number of carbonyl (C=O) groups excluding carboxylic acids is 4. The Morgan fingerprint density at radius 1 is 1.00 bits per heavy atom. The van der Waals surface area contributed by atoms with Crippen LogP contribution < -0.4 is 10.6 Å². The summed E-state index contributed by atoms with van der Waals surface area (Å²) in [6, 6.07) is 5.16. The first-order chi connectivity index (χ1) is 17.0. The third kappa shape index (κ3) is 5.05. The van der Waals surface area contributed by atoms with E-state index < -0.39 is 23.8 Å². The van der Waals surface area contributed by atoms with Crippen LogP contribution in [0.5, 0.6) is 0 Å². The zero-order valence-corrected chi connectivity index (χ0v) is 21.1. The van der Waals surface area contributed by atoms with Crippen molar-refractivity contribution >= 4 is 35.4 Å². The largest absolute Gasteiger partial charge is 0.314 e. The van der Waals surface area contributed by atoms with E-state index in [2.05, 4.69) is 10.6 Å². The summed E-state index contributed by atoms with van der Waals surface area (Å²) in [5.74, 6) is -0.922. The van der Waals surface area contributed by atoms with E-state index in [0.717, 1.165) is 46.4 Å². The fraction of sp³-hybridized carbons (Fsp3) is 0.630. The van der Waals surface area contributed by atoms with Crippen molar-refractivity contribution in [3.8, 4) is 0 Å². The van der Waals surface area contributed by atoms with E-state index in [-0.39, 0.29) is 18.7 Å². The molecular weight excluding hydrogens is 462 g/mol. The fourth-order valence-electron chi connectivity index (χ4n) is 6.06. The Morgan fingerprint density at radius 2 is 1.77 bits per heavy atom. The summed E-state index contributed by atoms with van der Waals surface area (Å²) in [6.45, 7) is 1.13. The van der Waals surface area contributed by atoms with Crippen LogP contribution in [0.3, 0.4) is 0 Å². The molecule has 4 aliphatic rings. The Morgan fingerprint density at radius 3 is 2.51 bits per heavy atom. The van der Waals surface area contributed by atoms with Gasteiger partial charge in [0.25, 0.3) is 11.8 Å². The normalized spacial score (nSPS) is 23.3. The molecule has 2 aliphatic carbocycles. The molecule has 1 aromatic carbocycles. The third-order valence-electron chi connectivity index (χ3n) is 8.21. The van der Waals surface area contributed by atoms with Crippen molar-refractivity contribution in [2.24, 2.45) is 5.41 Å². The van der Waals surface area contributed by atoms with Crippen molar-refractivity contribution in [3.63, 3.8) is 0 Å². The molecule has 35 heavy (non-hydrogen) atoms. The Bertz CT molecular complexity index is 1010. The summed E-state index contributed by atoms with van der Waals surface area (Å²) in [7, 11) is 0. The number of hydrogen-bond acceptors (Lipinski definition) is 6. The number of carbonyl (C=O) groups is 4. The van der Waals surface area contributed by atoms with Crippen LogP contribution in [0.1, 0.15) is 97.8 Å². The van der Waals surface area contributed by atoms with Gasteiger partial charge in [0.15, 0.2) is 0 Å². The number of thioether (sulfide) groups is 1. The maximum atomic E-state index is 13.1. The predicted molar refractivity (Wildman–Crippen MR) is 134 cm³/mol. The van der Waals surface area contributed by atoms with Crippen molar-refractivity contribution in [2.75, 3.05) is 12.3 Å². The molecule has 0 bridgehead atoms. The van der Waals surface area contributed by atoms with Gasteiger partial charge in [0.2, 0.25) is 11.8 Å². The number of nitrogens with zero attached hydrogens (tertiary/aromatic N) is 1. The maximum absolute atomic E-state index is 13.1. The van der Waals surface area contributed by atoms with Crippen molar-refractivity contribution in [1.29, 1.82) is 0 Å². The first kappa shape index (κ1) is 24.5. The number of rotatable bonds is 11. The highest BCUT2D eigenvalue weighted by Crippen LogP contribution is 2.55. The maximum Gasteiger partial charge on any atom is 0.263 e. The molecule has 0 aromatic heterocycles. The number of benzene rings is 1. The number of hydrogen-bond donors (Lipinski definition) is 2. The lowest BCUT2D eigenvalue weighted by molar-refractivity contribution is -0.136. The second-order valence-corrected chi connectivity index (χ2v) is 11.8. The molecular formula is C27H35N3O4S. The molecule has 0 radical (unpaired) electrons. The first-order valence-corrected chi connectivity index (χ1v) is 14.2. The highest BCUT2D eigenvalue weighted by atomic mass is 32.2. The second-order valence-electron chi connectivity index (χ2n) is 10.7. The van der Waals surface area contributed by atoms with Gasteiger partial charge in [-0.05, 0) is 74.8 Å². The first-order valence-electron chi connectivity index (χ1n) is 13.2. The van der Waals surface area contributed by atoms with Gasteiger partial charge in [0, 0.05) is 17.4 Å². The molecule has 7 nitrogen and oxygen atoms in total. The number of nitrogens with one attached hydrogen (secondary N) is 2. The smallest absolute Gasteiger partial charge is 0.263 e. The quantitative estimate of drug-likeness (QED) is 0.272. The minimum Gasteiger partial charge on any atom is -0.314 e. The minimum absolute atomic E-state index is 0.128. The molecule has 1 atom stereocenters. The second kappa shape index (κ2) is 10.4. The van der Waals surface area contributed by atoms with Gasteiger partial charge in [0.1, 0.15) is 6.04 Å². The third-order valence-corrected chi connectivity index (χ3v) is 9.36. The van der Waals surface area contributed by atoms with Crippen molar-refractivity contribution in [2.45, 2.75) is 94.0 Å². The highest BCUT2D eigenvalue weighted by molar-refractivity contribution is 7.99. The molecule has 2 aliphatic heterocycles. The van der Waals surface area contributed by atoms with Gasteiger partial charge in [-0.1, -0.05) is 31.7 Å². The molecule has 5 rings (SSSR count). The fourth-order valence-corrected chi connectivity index (χ4v) is 7.15. The summed E-state index contributed by atoms with van der Waals surface area (Å²) in [6.07, 6.45) is 13.3.